The van der Waals surface area contributed by atoms with Crippen LogP contribution in [-0.4, -0.2) is 41.7 Å². The van der Waals surface area contributed by atoms with Crippen LogP contribution in [0.4, 0.5) is 13.2 Å². The maximum Gasteiger partial charge on any atom is 0.416 e. The molecule has 7 heteroatoms. The fourth-order valence-corrected chi connectivity index (χ4v) is 3.06. The number of nitrogens with zero attached hydrogens (tertiary/aromatic N) is 1. The Morgan fingerprint density at radius 2 is 2.09 bits per heavy atom. The van der Waals surface area contributed by atoms with Gasteiger partial charge < -0.3 is 10.4 Å². The quantitative estimate of drug-likeness (QED) is 0.888. The van der Waals surface area contributed by atoms with Gasteiger partial charge in [-0.15, -0.1) is 0 Å². The lowest BCUT2D eigenvalue weighted by molar-refractivity contribution is -0.138. The van der Waals surface area contributed by atoms with E-state index < -0.39 is 11.7 Å². The monoisotopic (exact) mass is 330 g/mol. The molecule has 0 unspecified atom stereocenters. The second-order valence-corrected chi connectivity index (χ2v) is 5.93. The molecule has 1 amide bonds. The van der Waals surface area contributed by atoms with Gasteiger partial charge in [0.2, 0.25) is 5.91 Å². The summed E-state index contributed by atoms with van der Waals surface area (Å²) in [6.45, 7) is 2.52. The van der Waals surface area contributed by atoms with E-state index in [1.54, 1.807) is 6.07 Å². The van der Waals surface area contributed by atoms with E-state index in [9.17, 15) is 23.1 Å². The average Bonchev–Trinajstić information content (AvgIpc) is 2.47. The van der Waals surface area contributed by atoms with Gasteiger partial charge in [-0.25, -0.2) is 0 Å². The van der Waals surface area contributed by atoms with Gasteiger partial charge in [-0.05, 0) is 18.1 Å². The Hall–Kier alpha value is -1.60. The average molecular weight is 330 g/mol. The number of rotatable bonds is 4. The molecule has 1 aliphatic heterocycles. The molecule has 1 aromatic carbocycles. The number of amides is 1. The minimum Gasteiger partial charge on any atom is -0.396 e. The zero-order valence-corrected chi connectivity index (χ0v) is 12.9. The first kappa shape index (κ1) is 17.7. The van der Waals surface area contributed by atoms with Crippen molar-refractivity contribution in [3.05, 3.63) is 35.4 Å². The van der Waals surface area contributed by atoms with Crippen molar-refractivity contribution >= 4 is 5.91 Å². The smallest absolute Gasteiger partial charge is 0.396 e. The molecule has 1 aromatic rings. The largest absolute Gasteiger partial charge is 0.416 e. The summed E-state index contributed by atoms with van der Waals surface area (Å²) in [6, 6.07) is 5.41. The summed E-state index contributed by atoms with van der Waals surface area (Å²) in [5.74, 6) is -0.338. The minimum absolute atomic E-state index is 0.109. The minimum atomic E-state index is -4.37. The van der Waals surface area contributed by atoms with Crippen LogP contribution in [0, 0.1) is 5.92 Å². The van der Waals surface area contributed by atoms with E-state index in [0.717, 1.165) is 6.07 Å². The molecular weight excluding hydrogens is 309 g/mol. The van der Waals surface area contributed by atoms with Gasteiger partial charge in [-0.3, -0.25) is 9.69 Å². The van der Waals surface area contributed by atoms with Crippen LogP contribution in [-0.2, 0) is 17.5 Å². The van der Waals surface area contributed by atoms with Crippen LogP contribution in [0.2, 0.25) is 0 Å². The van der Waals surface area contributed by atoms with E-state index in [1.807, 2.05) is 4.90 Å². The zero-order chi connectivity index (χ0) is 17.0. The third-order valence-corrected chi connectivity index (χ3v) is 4.16. The normalized spacial score (nSPS) is 22.8. The molecule has 0 saturated carbocycles. The van der Waals surface area contributed by atoms with Crippen LogP contribution in [0.25, 0.3) is 0 Å². The molecule has 23 heavy (non-hydrogen) atoms. The number of nitrogens with one attached hydrogen (secondary N) is 1. The number of halogens is 3. The molecule has 2 atom stereocenters. The SMILES string of the molecule is CC(=O)N[C@@H]1CCN(Cc2ccccc2C(F)(F)F)C[C@@H]1CO. The topological polar surface area (TPSA) is 52.6 Å². The fraction of sp³-hybridized carbons (Fsp3) is 0.562. The molecule has 0 bridgehead atoms. The number of carbonyl (C=O) groups is 1. The Morgan fingerprint density at radius 1 is 1.39 bits per heavy atom. The molecule has 2 rings (SSSR count). The van der Waals surface area contributed by atoms with Crippen molar-refractivity contribution in [2.45, 2.75) is 32.1 Å². The molecular formula is C16H21F3N2O2. The van der Waals surface area contributed by atoms with Crippen molar-refractivity contribution in [2.24, 2.45) is 5.92 Å². The molecule has 0 spiro atoms. The third-order valence-electron chi connectivity index (χ3n) is 4.16. The molecule has 1 fully saturated rings. The molecule has 2 N–H and O–H groups in total. The van der Waals surface area contributed by atoms with Crippen molar-refractivity contribution in [2.75, 3.05) is 19.7 Å². The summed E-state index contributed by atoms with van der Waals surface area (Å²) in [5.41, 5.74) is -0.390. The summed E-state index contributed by atoms with van der Waals surface area (Å²) in [4.78, 5) is 13.1. The third kappa shape index (κ3) is 4.68. The Morgan fingerprint density at radius 3 is 2.70 bits per heavy atom. The molecule has 0 radical (unpaired) electrons. The van der Waals surface area contributed by atoms with Crippen molar-refractivity contribution < 1.29 is 23.1 Å². The van der Waals surface area contributed by atoms with Crippen LogP contribution in [0.3, 0.4) is 0 Å². The van der Waals surface area contributed by atoms with Crippen LogP contribution >= 0.6 is 0 Å². The maximum atomic E-state index is 13.0. The molecule has 4 nitrogen and oxygen atoms in total. The van der Waals surface area contributed by atoms with Gasteiger partial charge in [0, 0.05) is 45.1 Å². The first-order chi connectivity index (χ1) is 10.8. The first-order valence-electron chi connectivity index (χ1n) is 7.56. The molecule has 0 aliphatic carbocycles. The maximum absolute atomic E-state index is 13.0. The predicted molar refractivity (Wildman–Crippen MR) is 79.5 cm³/mol. The van der Waals surface area contributed by atoms with E-state index in [2.05, 4.69) is 5.32 Å². The zero-order valence-electron chi connectivity index (χ0n) is 12.9. The number of likely N-dealkylation sites (tertiary alicyclic amines) is 1. The van der Waals surface area contributed by atoms with Crippen LogP contribution in [0.15, 0.2) is 24.3 Å². The Kier molecular flexibility index (Phi) is 5.64. The van der Waals surface area contributed by atoms with Crippen molar-refractivity contribution in [1.82, 2.24) is 10.2 Å². The molecule has 1 aliphatic rings. The predicted octanol–water partition coefficient (Wildman–Crippen LogP) is 2.02. The van der Waals surface area contributed by atoms with Crippen LogP contribution in [0.5, 0.6) is 0 Å². The van der Waals surface area contributed by atoms with Crippen LogP contribution in [0.1, 0.15) is 24.5 Å². The van der Waals surface area contributed by atoms with Gasteiger partial charge in [-0.2, -0.15) is 13.2 Å². The number of hydrogen-bond acceptors (Lipinski definition) is 3. The van der Waals surface area contributed by atoms with Gasteiger partial charge in [0.15, 0.2) is 0 Å². The second-order valence-electron chi connectivity index (χ2n) is 5.93. The number of alkyl halides is 3. The van der Waals surface area contributed by atoms with E-state index in [-0.39, 0.29) is 36.6 Å². The summed E-state index contributed by atoms with van der Waals surface area (Å²) < 4.78 is 39.1. The second kappa shape index (κ2) is 7.31. The van der Waals surface area contributed by atoms with E-state index in [1.165, 1.54) is 19.1 Å². The highest BCUT2D eigenvalue weighted by Crippen LogP contribution is 2.33. The van der Waals surface area contributed by atoms with E-state index in [0.29, 0.717) is 19.5 Å². The Balaban J connectivity index is 2.07. The lowest BCUT2D eigenvalue weighted by Gasteiger charge is -2.38. The van der Waals surface area contributed by atoms with Crippen molar-refractivity contribution in [1.29, 1.82) is 0 Å². The van der Waals surface area contributed by atoms with Gasteiger partial charge in [0.25, 0.3) is 0 Å². The summed E-state index contributed by atoms with van der Waals surface area (Å²) in [7, 11) is 0. The highest BCUT2D eigenvalue weighted by Gasteiger charge is 2.34. The highest BCUT2D eigenvalue weighted by atomic mass is 19.4. The van der Waals surface area contributed by atoms with Gasteiger partial charge in [0.1, 0.15) is 0 Å². The number of aliphatic hydroxyl groups excluding tert-OH is 1. The number of hydrogen-bond donors (Lipinski definition) is 2. The highest BCUT2D eigenvalue weighted by molar-refractivity contribution is 5.73. The number of benzene rings is 1. The van der Waals surface area contributed by atoms with Crippen molar-refractivity contribution in [3.8, 4) is 0 Å². The van der Waals surface area contributed by atoms with Crippen LogP contribution < -0.4 is 5.32 Å². The molecule has 128 valence electrons. The van der Waals surface area contributed by atoms with Gasteiger partial charge in [0.05, 0.1) is 5.56 Å². The number of carbonyl (C=O) groups excluding carboxylic acids is 1. The standard InChI is InChI=1S/C16H21F3N2O2/c1-11(23)20-15-6-7-21(9-13(15)10-22)8-12-4-2-3-5-14(12)16(17,18)19/h2-5,13,15,22H,6-10H2,1H3,(H,20,23)/t13-,15-/m1/s1. The van der Waals surface area contributed by atoms with Gasteiger partial charge in [-0.1, -0.05) is 18.2 Å². The Bertz CT molecular complexity index is 548. The summed E-state index contributed by atoms with van der Waals surface area (Å²) >= 11 is 0. The summed E-state index contributed by atoms with van der Waals surface area (Å²) in [5, 5.41) is 12.3. The Labute approximate surface area is 133 Å². The van der Waals surface area contributed by atoms with Crippen molar-refractivity contribution in [3.63, 3.8) is 0 Å². The molecule has 1 heterocycles. The molecule has 1 saturated heterocycles. The summed E-state index contributed by atoms with van der Waals surface area (Å²) in [6.07, 6.45) is -3.76. The van der Waals surface area contributed by atoms with E-state index in [4.69, 9.17) is 0 Å². The number of aliphatic hydroxyl groups is 1. The number of piperidine rings is 1. The lowest BCUT2D eigenvalue weighted by Crippen LogP contribution is -2.51. The lowest BCUT2D eigenvalue weighted by atomic mass is 9.92. The van der Waals surface area contributed by atoms with E-state index >= 15 is 0 Å². The van der Waals surface area contributed by atoms with Gasteiger partial charge >= 0.3 is 6.18 Å². The first-order valence-corrected chi connectivity index (χ1v) is 7.56. The molecule has 0 aromatic heterocycles. The fourth-order valence-electron chi connectivity index (χ4n) is 3.06.